The average Bonchev–Trinajstić information content (AvgIpc) is 2.96. The van der Waals surface area contributed by atoms with Crippen molar-refractivity contribution in [2.24, 2.45) is 0 Å². The molecule has 0 amide bonds. The van der Waals surface area contributed by atoms with Crippen LogP contribution in [0.3, 0.4) is 0 Å². The summed E-state index contributed by atoms with van der Waals surface area (Å²) in [5, 5.41) is 9.84. The van der Waals surface area contributed by atoms with E-state index in [1.165, 1.54) is 13.2 Å². The molecule has 4 nitrogen and oxygen atoms in total. The quantitative estimate of drug-likeness (QED) is 0.944. The van der Waals surface area contributed by atoms with Gasteiger partial charge < -0.3 is 14.4 Å². The fourth-order valence-electron chi connectivity index (χ4n) is 3.01. The highest BCUT2D eigenvalue weighted by atomic mass is 19.1. The fraction of sp³-hybridized carbons (Fsp3) is 0.438. The maximum Gasteiger partial charge on any atom is 0.143 e. The van der Waals surface area contributed by atoms with Gasteiger partial charge in [0.25, 0.3) is 0 Å². The van der Waals surface area contributed by atoms with E-state index in [0.29, 0.717) is 23.6 Å². The maximum absolute atomic E-state index is 14.2. The summed E-state index contributed by atoms with van der Waals surface area (Å²) in [6.07, 6.45) is 6.77. The first-order chi connectivity index (χ1) is 10.2. The van der Waals surface area contributed by atoms with Gasteiger partial charge in [0, 0.05) is 24.5 Å². The monoisotopic (exact) mass is 290 g/mol. The number of halogens is 1. The second-order valence-corrected chi connectivity index (χ2v) is 5.48. The molecule has 0 radical (unpaired) electrons. The van der Waals surface area contributed by atoms with Gasteiger partial charge in [-0.3, -0.25) is 0 Å². The highest BCUT2D eigenvalue weighted by Gasteiger charge is 2.24. The van der Waals surface area contributed by atoms with Crippen LogP contribution in [0.1, 0.15) is 31.7 Å². The van der Waals surface area contributed by atoms with E-state index in [1.54, 1.807) is 18.3 Å². The lowest BCUT2D eigenvalue weighted by Gasteiger charge is -2.28. The molecule has 21 heavy (non-hydrogen) atoms. The number of rotatable bonds is 3. The second-order valence-electron chi connectivity index (χ2n) is 5.48. The number of ether oxygens (including phenoxy) is 1. The standard InChI is InChI=1S/C16H19FN2O2/c1-21-13-5-6-14(15(17)10-13)16-18-7-8-19(16)11-3-2-4-12(20)9-11/h5-8,10-12,20H,2-4,9H2,1H3/t11-,12+/m1/s1. The number of methoxy groups -OCH3 is 1. The minimum atomic E-state index is -0.349. The van der Waals surface area contributed by atoms with Crippen molar-refractivity contribution in [1.29, 1.82) is 0 Å². The molecule has 0 bridgehead atoms. The van der Waals surface area contributed by atoms with Gasteiger partial charge in [-0.1, -0.05) is 0 Å². The Morgan fingerprint density at radius 3 is 2.95 bits per heavy atom. The second kappa shape index (κ2) is 5.85. The van der Waals surface area contributed by atoms with Crippen LogP contribution in [0.5, 0.6) is 5.75 Å². The van der Waals surface area contributed by atoms with Crippen LogP contribution < -0.4 is 4.74 Å². The molecular weight excluding hydrogens is 271 g/mol. The van der Waals surface area contributed by atoms with E-state index in [1.807, 2.05) is 10.8 Å². The van der Waals surface area contributed by atoms with Crippen molar-refractivity contribution in [3.8, 4) is 17.1 Å². The molecule has 1 aromatic heterocycles. The van der Waals surface area contributed by atoms with Crippen molar-refractivity contribution in [3.05, 3.63) is 36.4 Å². The van der Waals surface area contributed by atoms with Crippen LogP contribution in [0.4, 0.5) is 4.39 Å². The molecule has 1 saturated carbocycles. The molecule has 1 heterocycles. The van der Waals surface area contributed by atoms with Gasteiger partial charge >= 0.3 is 0 Å². The fourth-order valence-corrected chi connectivity index (χ4v) is 3.01. The summed E-state index contributed by atoms with van der Waals surface area (Å²) >= 11 is 0. The number of nitrogens with zero attached hydrogens (tertiary/aromatic N) is 2. The Morgan fingerprint density at radius 2 is 2.24 bits per heavy atom. The van der Waals surface area contributed by atoms with Crippen molar-refractivity contribution in [1.82, 2.24) is 9.55 Å². The minimum absolute atomic E-state index is 0.174. The lowest BCUT2D eigenvalue weighted by molar-refractivity contribution is 0.104. The number of hydrogen-bond donors (Lipinski definition) is 1. The van der Waals surface area contributed by atoms with Crippen LogP contribution >= 0.6 is 0 Å². The number of hydrogen-bond acceptors (Lipinski definition) is 3. The minimum Gasteiger partial charge on any atom is -0.497 e. The lowest BCUT2D eigenvalue weighted by Crippen LogP contribution is -2.22. The number of aromatic nitrogens is 2. The zero-order valence-corrected chi connectivity index (χ0v) is 12.0. The van der Waals surface area contributed by atoms with E-state index in [9.17, 15) is 9.50 Å². The van der Waals surface area contributed by atoms with Gasteiger partial charge in [-0.15, -0.1) is 0 Å². The van der Waals surface area contributed by atoms with Crippen LogP contribution in [-0.2, 0) is 0 Å². The molecule has 0 unspecified atom stereocenters. The molecule has 3 rings (SSSR count). The molecule has 2 atom stereocenters. The highest BCUT2D eigenvalue weighted by Crippen LogP contribution is 2.33. The molecule has 1 N–H and O–H groups in total. The molecular formula is C16H19FN2O2. The van der Waals surface area contributed by atoms with Crippen LogP contribution in [0.15, 0.2) is 30.6 Å². The molecule has 1 aromatic carbocycles. The first-order valence-corrected chi connectivity index (χ1v) is 7.24. The van der Waals surface area contributed by atoms with Crippen molar-refractivity contribution in [3.63, 3.8) is 0 Å². The lowest BCUT2D eigenvalue weighted by atomic mass is 9.92. The van der Waals surface area contributed by atoms with Crippen molar-refractivity contribution >= 4 is 0 Å². The van der Waals surface area contributed by atoms with Gasteiger partial charge in [-0.05, 0) is 37.8 Å². The van der Waals surface area contributed by atoms with Crippen molar-refractivity contribution in [2.75, 3.05) is 7.11 Å². The predicted octanol–water partition coefficient (Wildman–Crippen LogP) is 3.17. The van der Waals surface area contributed by atoms with E-state index >= 15 is 0 Å². The van der Waals surface area contributed by atoms with Crippen molar-refractivity contribution in [2.45, 2.75) is 37.8 Å². The van der Waals surface area contributed by atoms with E-state index in [-0.39, 0.29) is 18.0 Å². The highest BCUT2D eigenvalue weighted by molar-refractivity contribution is 5.58. The van der Waals surface area contributed by atoms with E-state index in [4.69, 9.17) is 4.74 Å². The van der Waals surface area contributed by atoms with E-state index < -0.39 is 0 Å². The van der Waals surface area contributed by atoms with E-state index in [0.717, 1.165) is 19.3 Å². The molecule has 0 saturated heterocycles. The third-order valence-corrected chi connectivity index (χ3v) is 4.10. The summed E-state index contributed by atoms with van der Waals surface area (Å²) in [6, 6.07) is 4.96. The molecule has 5 heteroatoms. The summed E-state index contributed by atoms with van der Waals surface area (Å²) in [4.78, 5) is 4.30. The zero-order valence-electron chi connectivity index (χ0n) is 12.0. The zero-order chi connectivity index (χ0) is 14.8. The molecule has 0 spiro atoms. The Kier molecular flexibility index (Phi) is 3.92. The SMILES string of the molecule is COc1ccc(-c2nccn2[C@@H]2CCC[C@H](O)C2)c(F)c1. The topological polar surface area (TPSA) is 47.3 Å². The molecule has 0 aliphatic heterocycles. The molecule has 1 aliphatic rings. The summed E-state index contributed by atoms with van der Waals surface area (Å²) in [5.41, 5.74) is 0.459. The first kappa shape index (κ1) is 14.1. The third-order valence-electron chi connectivity index (χ3n) is 4.10. The Morgan fingerprint density at radius 1 is 1.38 bits per heavy atom. The van der Waals surface area contributed by atoms with Gasteiger partial charge in [0.1, 0.15) is 17.4 Å². The molecule has 1 fully saturated rings. The Hall–Kier alpha value is -1.88. The van der Waals surface area contributed by atoms with Gasteiger partial charge in [0.2, 0.25) is 0 Å². The van der Waals surface area contributed by atoms with Gasteiger partial charge in [0.05, 0.1) is 18.8 Å². The van der Waals surface area contributed by atoms with Gasteiger partial charge in [-0.25, -0.2) is 9.37 Å². The smallest absolute Gasteiger partial charge is 0.143 e. The Bertz CT molecular complexity index is 626. The van der Waals surface area contributed by atoms with Crippen LogP contribution in [0.25, 0.3) is 11.4 Å². The van der Waals surface area contributed by atoms with Gasteiger partial charge in [0.15, 0.2) is 0 Å². The first-order valence-electron chi connectivity index (χ1n) is 7.24. The van der Waals surface area contributed by atoms with Crippen LogP contribution in [0, 0.1) is 5.82 Å². The van der Waals surface area contributed by atoms with E-state index in [2.05, 4.69) is 4.98 Å². The molecule has 1 aliphatic carbocycles. The number of aliphatic hydroxyl groups is 1. The summed E-state index contributed by atoms with van der Waals surface area (Å²) < 4.78 is 21.2. The number of imidazole rings is 1. The summed E-state index contributed by atoms with van der Waals surface area (Å²) in [5.74, 6) is 0.745. The molecule has 112 valence electrons. The number of aliphatic hydroxyl groups excluding tert-OH is 1. The normalized spacial score (nSPS) is 22.2. The van der Waals surface area contributed by atoms with Gasteiger partial charge in [-0.2, -0.15) is 0 Å². The Balaban J connectivity index is 1.95. The maximum atomic E-state index is 14.2. The summed E-state index contributed by atoms with van der Waals surface area (Å²) in [7, 11) is 1.51. The molecule has 2 aromatic rings. The Labute approximate surface area is 123 Å². The predicted molar refractivity (Wildman–Crippen MR) is 77.7 cm³/mol. The van der Waals surface area contributed by atoms with Crippen LogP contribution in [0.2, 0.25) is 0 Å². The largest absolute Gasteiger partial charge is 0.497 e. The van der Waals surface area contributed by atoms with Crippen molar-refractivity contribution < 1.29 is 14.2 Å². The third kappa shape index (κ3) is 2.78. The average molecular weight is 290 g/mol. The van der Waals surface area contributed by atoms with Crippen LogP contribution in [-0.4, -0.2) is 27.9 Å². The number of benzene rings is 1. The summed E-state index contributed by atoms with van der Waals surface area (Å²) in [6.45, 7) is 0.